The van der Waals surface area contributed by atoms with E-state index in [0.717, 1.165) is 5.75 Å². The molecule has 3 heteroatoms. The summed E-state index contributed by atoms with van der Waals surface area (Å²) in [7, 11) is 1.45. The lowest BCUT2D eigenvalue weighted by molar-refractivity contribution is -0.140. The largest absolute Gasteiger partial charge is 0.469 e. The molecule has 0 aliphatic rings. The predicted octanol–water partition coefficient (Wildman–Crippen LogP) is 4.42. The van der Waals surface area contributed by atoms with Crippen LogP contribution in [0.25, 0.3) is 0 Å². The van der Waals surface area contributed by atoms with Crippen molar-refractivity contribution >= 4 is 17.7 Å². The summed E-state index contributed by atoms with van der Waals surface area (Å²) in [5.41, 5.74) is 0. The van der Waals surface area contributed by atoms with Gasteiger partial charge >= 0.3 is 5.97 Å². The minimum Gasteiger partial charge on any atom is -0.469 e. The molecule has 0 radical (unpaired) electrons. The summed E-state index contributed by atoms with van der Waals surface area (Å²) >= 11 is 1.87. The lowest BCUT2D eigenvalue weighted by Gasteiger charge is -2.02. The van der Waals surface area contributed by atoms with E-state index in [1.807, 2.05) is 11.8 Å². The number of hydrogen-bond donors (Lipinski definition) is 0. The minimum atomic E-state index is -0.0894. The number of carbonyl (C=O) groups excluding carboxylic acids is 1. The van der Waals surface area contributed by atoms with Crippen molar-refractivity contribution in [1.29, 1.82) is 0 Å². The van der Waals surface area contributed by atoms with Gasteiger partial charge in [-0.25, -0.2) is 0 Å². The van der Waals surface area contributed by atoms with E-state index in [-0.39, 0.29) is 5.97 Å². The molecule has 0 aromatic rings. The molecule has 102 valence electrons. The van der Waals surface area contributed by atoms with Crippen molar-refractivity contribution in [2.75, 3.05) is 18.6 Å². The van der Waals surface area contributed by atoms with E-state index in [2.05, 4.69) is 11.7 Å². The van der Waals surface area contributed by atoms with Crippen LogP contribution in [0.15, 0.2) is 0 Å². The van der Waals surface area contributed by atoms with Crippen molar-refractivity contribution in [1.82, 2.24) is 0 Å². The standard InChI is InChI=1S/C14H28O2S/c1-3-4-5-6-7-8-9-10-12-17-13-11-14(15)16-2/h3-13H2,1-2H3. The molecule has 0 aromatic carbocycles. The highest BCUT2D eigenvalue weighted by atomic mass is 32.2. The first-order valence-corrected chi connectivity index (χ1v) is 8.11. The van der Waals surface area contributed by atoms with Gasteiger partial charge in [-0.05, 0) is 12.2 Å². The molecule has 17 heavy (non-hydrogen) atoms. The van der Waals surface area contributed by atoms with Crippen molar-refractivity contribution in [2.24, 2.45) is 0 Å². The van der Waals surface area contributed by atoms with E-state index in [9.17, 15) is 4.79 Å². The summed E-state index contributed by atoms with van der Waals surface area (Å²) in [5, 5.41) is 0. The highest BCUT2D eigenvalue weighted by Crippen LogP contribution is 2.11. The summed E-state index contributed by atoms with van der Waals surface area (Å²) in [6.07, 6.45) is 11.5. The zero-order chi connectivity index (χ0) is 12.8. The van der Waals surface area contributed by atoms with Crippen LogP contribution in [-0.4, -0.2) is 24.6 Å². The number of unbranched alkanes of at least 4 members (excludes halogenated alkanes) is 7. The Balaban J connectivity index is 2.96. The van der Waals surface area contributed by atoms with E-state index in [0.29, 0.717) is 6.42 Å². The zero-order valence-electron chi connectivity index (χ0n) is 11.5. The Kier molecular flexibility index (Phi) is 13.7. The third kappa shape index (κ3) is 13.8. The average Bonchev–Trinajstić information content (AvgIpc) is 2.35. The number of methoxy groups -OCH3 is 1. The summed E-state index contributed by atoms with van der Waals surface area (Å²) in [6, 6.07) is 0. The van der Waals surface area contributed by atoms with Crippen LogP contribution in [0.3, 0.4) is 0 Å². The first kappa shape index (κ1) is 16.8. The third-order valence-corrected chi connectivity index (χ3v) is 3.89. The maximum Gasteiger partial charge on any atom is 0.306 e. The highest BCUT2D eigenvalue weighted by molar-refractivity contribution is 7.99. The van der Waals surface area contributed by atoms with Crippen LogP contribution in [0.5, 0.6) is 0 Å². The topological polar surface area (TPSA) is 26.3 Å². The molecule has 0 aliphatic carbocycles. The number of rotatable bonds is 12. The maximum absolute atomic E-state index is 10.8. The number of thioether (sulfide) groups is 1. The molecule has 0 amide bonds. The van der Waals surface area contributed by atoms with Gasteiger partial charge in [-0.15, -0.1) is 0 Å². The molecule has 0 bridgehead atoms. The number of hydrogen-bond acceptors (Lipinski definition) is 3. The van der Waals surface area contributed by atoms with Gasteiger partial charge in [0.15, 0.2) is 0 Å². The molecular formula is C14H28O2S. The van der Waals surface area contributed by atoms with Gasteiger partial charge in [-0.3, -0.25) is 4.79 Å². The van der Waals surface area contributed by atoms with Crippen molar-refractivity contribution in [3.8, 4) is 0 Å². The van der Waals surface area contributed by atoms with Gasteiger partial charge in [0.05, 0.1) is 13.5 Å². The van der Waals surface area contributed by atoms with Crippen LogP contribution in [0.4, 0.5) is 0 Å². The number of esters is 1. The van der Waals surface area contributed by atoms with Crippen LogP contribution in [0.2, 0.25) is 0 Å². The molecule has 0 unspecified atom stereocenters. The minimum absolute atomic E-state index is 0.0894. The summed E-state index contributed by atoms with van der Waals surface area (Å²) in [6.45, 7) is 2.26. The predicted molar refractivity (Wildman–Crippen MR) is 76.6 cm³/mol. The lowest BCUT2D eigenvalue weighted by atomic mass is 10.1. The smallest absolute Gasteiger partial charge is 0.306 e. The summed E-state index contributed by atoms with van der Waals surface area (Å²) in [4.78, 5) is 10.8. The fourth-order valence-corrected chi connectivity index (χ4v) is 2.62. The molecule has 2 nitrogen and oxygen atoms in total. The van der Waals surface area contributed by atoms with Gasteiger partial charge in [-0.1, -0.05) is 51.9 Å². The fourth-order valence-electron chi connectivity index (χ4n) is 1.70. The van der Waals surface area contributed by atoms with E-state index in [1.54, 1.807) is 0 Å². The summed E-state index contributed by atoms with van der Waals surface area (Å²) in [5.74, 6) is 2.00. The lowest BCUT2D eigenvalue weighted by Crippen LogP contribution is -2.01. The van der Waals surface area contributed by atoms with Crippen molar-refractivity contribution in [3.63, 3.8) is 0 Å². The second-order valence-electron chi connectivity index (χ2n) is 4.41. The van der Waals surface area contributed by atoms with E-state index in [4.69, 9.17) is 0 Å². The van der Waals surface area contributed by atoms with Gasteiger partial charge in [0.2, 0.25) is 0 Å². The number of ether oxygens (including phenoxy) is 1. The van der Waals surface area contributed by atoms with Crippen molar-refractivity contribution in [3.05, 3.63) is 0 Å². The Morgan fingerprint density at radius 1 is 0.941 bits per heavy atom. The van der Waals surface area contributed by atoms with Crippen LogP contribution in [0.1, 0.15) is 64.7 Å². The zero-order valence-corrected chi connectivity index (χ0v) is 12.3. The van der Waals surface area contributed by atoms with Crippen LogP contribution in [0, 0.1) is 0 Å². The summed E-state index contributed by atoms with van der Waals surface area (Å²) < 4.78 is 4.59. The molecule has 0 N–H and O–H groups in total. The third-order valence-electron chi connectivity index (χ3n) is 2.82. The van der Waals surface area contributed by atoms with Crippen molar-refractivity contribution < 1.29 is 9.53 Å². The Morgan fingerprint density at radius 2 is 1.53 bits per heavy atom. The molecular weight excluding hydrogens is 232 g/mol. The molecule has 0 saturated heterocycles. The van der Waals surface area contributed by atoms with E-state index < -0.39 is 0 Å². The molecule has 0 spiro atoms. The average molecular weight is 260 g/mol. The molecule has 0 fully saturated rings. The molecule has 0 heterocycles. The van der Waals surface area contributed by atoms with Gasteiger partial charge in [0.25, 0.3) is 0 Å². The van der Waals surface area contributed by atoms with Gasteiger partial charge in [0, 0.05) is 5.75 Å². The van der Waals surface area contributed by atoms with Gasteiger partial charge in [0.1, 0.15) is 0 Å². The maximum atomic E-state index is 10.8. The first-order chi connectivity index (χ1) is 8.31. The SMILES string of the molecule is CCCCCCCCCCSCCC(=O)OC. The molecule has 0 aliphatic heterocycles. The van der Waals surface area contributed by atoms with E-state index >= 15 is 0 Å². The Morgan fingerprint density at radius 3 is 2.12 bits per heavy atom. The monoisotopic (exact) mass is 260 g/mol. The highest BCUT2D eigenvalue weighted by Gasteiger charge is 1.99. The second-order valence-corrected chi connectivity index (χ2v) is 5.64. The molecule has 0 rings (SSSR count). The molecule has 0 aromatic heterocycles. The van der Waals surface area contributed by atoms with Gasteiger partial charge in [-0.2, -0.15) is 11.8 Å². The quantitative estimate of drug-likeness (QED) is 0.384. The first-order valence-electron chi connectivity index (χ1n) is 6.95. The fraction of sp³-hybridized carbons (Fsp3) is 0.929. The van der Waals surface area contributed by atoms with Crippen LogP contribution in [-0.2, 0) is 9.53 Å². The van der Waals surface area contributed by atoms with Crippen LogP contribution < -0.4 is 0 Å². The Labute approximate surface area is 111 Å². The molecule has 0 saturated carbocycles. The number of carbonyl (C=O) groups is 1. The molecule has 0 atom stereocenters. The second kappa shape index (κ2) is 13.9. The van der Waals surface area contributed by atoms with E-state index in [1.165, 1.54) is 64.2 Å². The Hall–Kier alpha value is -0.180. The van der Waals surface area contributed by atoms with Gasteiger partial charge < -0.3 is 4.74 Å². The van der Waals surface area contributed by atoms with Crippen molar-refractivity contribution in [2.45, 2.75) is 64.7 Å². The normalized spacial score (nSPS) is 10.5. The van der Waals surface area contributed by atoms with Crippen LogP contribution >= 0.6 is 11.8 Å². The Bertz CT molecular complexity index is 172.